The molecule has 0 amide bonds. The molecule has 0 radical (unpaired) electrons. The highest BCUT2D eigenvalue weighted by Crippen LogP contribution is 2.08. The normalized spacial score (nSPS) is 29.5. The Morgan fingerprint density at radius 2 is 2.27 bits per heavy atom. The van der Waals surface area contributed by atoms with Crippen LogP contribution in [-0.2, 0) is 4.79 Å². The third-order valence-electron chi connectivity index (χ3n) is 1.62. The average molecular weight is 182 g/mol. The van der Waals surface area contributed by atoms with Gasteiger partial charge in [-0.25, -0.2) is 0 Å². The lowest BCUT2D eigenvalue weighted by atomic mass is 10.1. The Balaban J connectivity index is 0.000001000. The summed E-state index contributed by atoms with van der Waals surface area (Å²) in [4.78, 5) is 10.1. The van der Waals surface area contributed by atoms with Gasteiger partial charge in [0.2, 0.25) is 0 Å². The molecular weight excluding hydrogens is 170 g/mol. The minimum Gasteiger partial charge on any atom is -0.481 e. The molecule has 0 aromatic carbocycles. The maximum Gasteiger partial charge on any atom is 0.304 e. The smallest absolute Gasteiger partial charge is 0.304 e. The summed E-state index contributed by atoms with van der Waals surface area (Å²) >= 11 is 0. The molecule has 0 aromatic rings. The molecule has 4 nitrogen and oxygen atoms in total. The Labute approximate surface area is 71.0 Å². The summed E-state index contributed by atoms with van der Waals surface area (Å²) in [6.45, 7) is 0.526. The van der Waals surface area contributed by atoms with Crippen LogP contribution in [0.5, 0.6) is 0 Å². The van der Waals surface area contributed by atoms with Crippen molar-refractivity contribution in [1.82, 2.24) is 5.32 Å². The fourth-order valence-corrected chi connectivity index (χ4v) is 1.16. The van der Waals surface area contributed by atoms with Crippen LogP contribution < -0.4 is 5.32 Å². The van der Waals surface area contributed by atoms with E-state index in [4.69, 9.17) is 10.2 Å². The summed E-state index contributed by atoms with van der Waals surface area (Å²) in [6, 6.07) is -0.0347. The highest BCUT2D eigenvalue weighted by Gasteiger charge is 2.23. The van der Waals surface area contributed by atoms with Crippen molar-refractivity contribution < 1.29 is 15.0 Å². The molecule has 3 N–H and O–H groups in total. The molecule has 1 heterocycles. The van der Waals surface area contributed by atoms with Gasteiger partial charge in [-0.15, -0.1) is 12.4 Å². The Morgan fingerprint density at radius 3 is 2.64 bits per heavy atom. The minimum absolute atomic E-state index is 0. The van der Waals surface area contributed by atoms with Gasteiger partial charge in [-0.3, -0.25) is 4.79 Å². The van der Waals surface area contributed by atoms with Gasteiger partial charge in [0.1, 0.15) is 0 Å². The summed E-state index contributed by atoms with van der Waals surface area (Å²) in [5.74, 6) is -0.813. The molecular formula is C6H12ClNO3. The number of hydrogen-bond acceptors (Lipinski definition) is 3. The van der Waals surface area contributed by atoms with E-state index in [1.807, 2.05) is 0 Å². The van der Waals surface area contributed by atoms with Crippen molar-refractivity contribution in [3.8, 4) is 0 Å². The van der Waals surface area contributed by atoms with Gasteiger partial charge in [0, 0.05) is 12.6 Å². The molecule has 0 spiro atoms. The maximum absolute atomic E-state index is 10.1. The first-order chi connectivity index (χ1) is 4.68. The van der Waals surface area contributed by atoms with Crippen molar-refractivity contribution in [2.45, 2.75) is 25.0 Å². The lowest BCUT2D eigenvalue weighted by Gasteiger charge is -2.03. The number of aliphatic hydroxyl groups is 1. The van der Waals surface area contributed by atoms with Gasteiger partial charge in [0.25, 0.3) is 0 Å². The maximum atomic E-state index is 10.1. The third-order valence-corrected chi connectivity index (χ3v) is 1.62. The predicted octanol–water partition coefficient (Wildman–Crippen LogP) is -0.394. The predicted molar refractivity (Wildman–Crippen MR) is 41.9 cm³/mol. The van der Waals surface area contributed by atoms with Crippen molar-refractivity contribution in [2.75, 3.05) is 6.54 Å². The third kappa shape index (κ3) is 3.55. The monoisotopic (exact) mass is 181 g/mol. The molecule has 66 valence electrons. The molecule has 0 unspecified atom stereocenters. The van der Waals surface area contributed by atoms with E-state index >= 15 is 0 Å². The number of aliphatic carboxylic acids is 1. The SMILES string of the molecule is Cl.O=C(O)C[C@H]1C[C@@H](O)CN1. The van der Waals surface area contributed by atoms with Crippen molar-refractivity contribution in [3.63, 3.8) is 0 Å². The summed E-state index contributed by atoms with van der Waals surface area (Å²) in [7, 11) is 0. The number of halogens is 1. The van der Waals surface area contributed by atoms with Crippen LogP contribution in [0, 0.1) is 0 Å². The average Bonchev–Trinajstić information content (AvgIpc) is 2.13. The quantitative estimate of drug-likeness (QED) is 0.543. The van der Waals surface area contributed by atoms with Crippen LogP contribution in [-0.4, -0.2) is 34.9 Å². The Bertz CT molecular complexity index is 142. The van der Waals surface area contributed by atoms with Gasteiger partial charge in [-0.2, -0.15) is 0 Å². The standard InChI is InChI=1S/C6H11NO3.ClH/c8-5-1-4(7-3-5)2-6(9)10;/h4-5,7-8H,1-3H2,(H,9,10);1H/t4-,5-;/m1./s1. The summed E-state index contributed by atoms with van der Waals surface area (Å²) in [6.07, 6.45) is 0.313. The van der Waals surface area contributed by atoms with E-state index in [2.05, 4.69) is 5.32 Å². The summed E-state index contributed by atoms with van der Waals surface area (Å²) < 4.78 is 0. The van der Waals surface area contributed by atoms with Gasteiger partial charge in [0.05, 0.1) is 12.5 Å². The fraction of sp³-hybridized carbons (Fsp3) is 0.833. The highest BCUT2D eigenvalue weighted by molar-refractivity contribution is 5.85. The molecule has 2 atom stereocenters. The number of carboxylic acids is 1. The van der Waals surface area contributed by atoms with Crippen molar-refractivity contribution >= 4 is 18.4 Å². The molecule has 11 heavy (non-hydrogen) atoms. The Morgan fingerprint density at radius 1 is 1.64 bits per heavy atom. The number of aliphatic hydroxyl groups excluding tert-OH is 1. The molecule has 5 heteroatoms. The Hall–Kier alpha value is -0.320. The van der Waals surface area contributed by atoms with Crippen LogP contribution in [0.4, 0.5) is 0 Å². The van der Waals surface area contributed by atoms with Crippen molar-refractivity contribution in [2.24, 2.45) is 0 Å². The van der Waals surface area contributed by atoms with Crippen molar-refractivity contribution in [1.29, 1.82) is 0 Å². The van der Waals surface area contributed by atoms with Crippen molar-refractivity contribution in [3.05, 3.63) is 0 Å². The zero-order valence-corrected chi connectivity index (χ0v) is 6.80. The first kappa shape index (κ1) is 10.7. The first-order valence-corrected chi connectivity index (χ1v) is 3.31. The number of hydrogen-bond donors (Lipinski definition) is 3. The summed E-state index contributed by atoms with van der Waals surface area (Å²) in [5, 5.41) is 20.2. The molecule has 0 aromatic heterocycles. The topological polar surface area (TPSA) is 69.6 Å². The van der Waals surface area contributed by atoms with Crippen LogP contribution in [0.15, 0.2) is 0 Å². The van der Waals surface area contributed by atoms with E-state index in [-0.39, 0.29) is 31.0 Å². The van der Waals surface area contributed by atoms with E-state index in [0.29, 0.717) is 13.0 Å². The first-order valence-electron chi connectivity index (χ1n) is 3.31. The lowest BCUT2D eigenvalue weighted by Crippen LogP contribution is -2.24. The number of nitrogens with one attached hydrogen (secondary N) is 1. The van der Waals surface area contributed by atoms with E-state index in [0.717, 1.165) is 0 Å². The van der Waals surface area contributed by atoms with Crippen LogP contribution >= 0.6 is 12.4 Å². The zero-order chi connectivity index (χ0) is 7.56. The van der Waals surface area contributed by atoms with Gasteiger partial charge in [0.15, 0.2) is 0 Å². The molecule has 0 bridgehead atoms. The van der Waals surface area contributed by atoms with Gasteiger partial charge >= 0.3 is 5.97 Å². The molecule has 0 saturated carbocycles. The van der Waals surface area contributed by atoms with E-state index < -0.39 is 5.97 Å². The zero-order valence-electron chi connectivity index (χ0n) is 5.99. The molecule has 1 aliphatic rings. The van der Waals surface area contributed by atoms with Crippen LogP contribution in [0.1, 0.15) is 12.8 Å². The van der Waals surface area contributed by atoms with Gasteiger partial charge in [-0.05, 0) is 6.42 Å². The molecule has 1 aliphatic heterocycles. The molecule has 1 fully saturated rings. The van der Waals surface area contributed by atoms with E-state index in [1.165, 1.54) is 0 Å². The van der Waals surface area contributed by atoms with Crippen LogP contribution in [0.3, 0.4) is 0 Å². The minimum atomic E-state index is -0.813. The number of β-amino-alcohol motifs (C(OH)–C–C–N with tert-alkyl or cyclic N) is 1. The van der Waals surface area contributed by atoms with Gasteiger partial charge in [-0.1, -0.05) is 0 Å². The van der Waals surface area contributed by atoms with E-state index in [1.54, 1.807) is 0 Å². The highest BCUT2D eigenvalue weighted by atomic mass is 35.5. The largest absolute Gasteiger partial charge is 0.481 e. The molecule has 1 saturated heterocycles. The second-order valence-electron chi connectivity index (χ2n) is 2.59. The van der Waals surface area contributed by atoms with Gasteiger partial charge < -0.3 is 15.5 Å². The Kier molecular flexibility index (Phi) is 4.40. The summed E-state index contributed by atoms with van der Waals surface area (Å²) in [5.41, 5.74) is 0. The van der Waals surface area contributed by atoms with E-state index in [9.17, 15) is 4.79 Å². The number of carbonyl (C=O) groups is 1. The lowest BCUT2D eigenvalue weighted by molar-refractivity contribution is -0.137. The second kappa shape index (κ2) is 4.54. The molecule has 1 rings (SSSR count). The fourth-order valence-electron chi connectivity index (χ4n) is 1.16. The van der Waals surface area contributed by atoms with Crippen LogP contribution in [0.25, 0.3) is 0 Å². The number of rotatable bonds is 2. The second-order valence-corrected chi connectivity index (χ2v) is 2.59. The number of carboxylic acid groups (broad SMARTS) is 1. The van der Waals surface area contributed by atoms with Crippen LogP contribution in [0.2, 0.25) is 0 Å². The molecule has 0 aliphatic carbocycles.